The maximum atomic E-state index is 12.1. The summed E-state index contributed by atoms with van der Waals surface area (Å²) in [5, 5.41) is 2.88. The van der Waals surface area contributed by atoms with E-state index in [1.807, 2.05) is 6.92 Å². The van der Waals surface area contributed by atoms with Crippen LogP contribution in [0.3, 0.4) is 0 Å². The number of nitrogens with two attached hydrogens (primary N) is 1. The fourth-order valence-corrected chi connectivity index (χ4v) is 2.52. The van der Waals surface area contributed by atoms with Gasteiger partial charge in [0.25, 0.3) is 5.56 Å². The van der Waals surface area contributed by atoms with Crippen LogP contribution in [0.4, 0.5) is 5.69 Å². The molecule has 1 aliphatic rings. The topological polar surface area (TPSA) is 77.1 Å². The summed E-state index contributed by atoms with van der Waals surface area (Å²) in [5.41, 5.74) is 6.45. The molecule has 1 aromatic heterocycles. The molecule has 0 aromatic carbocycles. The van der Waals surface area contributed by atoms with E-state index < -0.39 is 0 Å². The van der Waals surface area contributed by atoms with Crippen molar-refractivity contribution in [2.45, 2.75) is 45.2 Å². The molecule has 0 radical (unpaired) electrons. The number of hydrogen-bond donors (Lipinski definition) is 2. The number of pyridine rings is 1. The molecule has 2 atom stereocenters. The van der Waals surface area contributed by atoms with Crippen LogP contribution in [0.1, 0.15) is 32.6 Å². The largest absolute Gasteiger partial charge is 0.328 e. The van der Waals surface area contributed by atoms with Gasteiger partial charge in [-0.1, -0.05) is 6.92 Å². The first kappa shape index (κ1) is 13.8. The van der Waals surface area contributed by atoms with Crippen molar-refractivity contribution in [2.24, 2.45) is 11.7 Å². The van der Waals surface area contributed by atoms with Crippen LogP contribution in [0.25, 0.3) is 0 Å². The van der Waals surface area contributed by atoms with Crippen molar-refractivity contribution in [1.82, 2.24) is 4.57 Å². The highest BCUT2D eigenvalue weighted by molar-refractivity contribution is 5.92. The number of amides is 1. The van der Waals surface area contributed by atoms with Gasteiger partial charge in [-0.05, 0) is 31.7 Å². The van der Waals surface area contributed by atoms with E-state index in [1.165, 1.54) is 6.07 Å². The summed E-state index contributed by atoms with van der Waals surface area (Å²) < 4.78 is 1.62. The lowest BCUT2D eigenvalue weighted by atomic mass is 10.1. The van der Waals surface area contributed by atoms with Gasteiger partial charge in [-0.3, -0.25) is 9.59 Å². The van der Waals surface area contributed by atoms with Crippen LogP contribution in [0.2, 0.25) is 0 Å². The second kappa shape index (κ2) is 6.02. The van der Waals surface area contributed by atoms with Crippen molar-refractivity contribution in [2.75, 3.05) is 5.32 Å². The maximum absolute atomic E-state index is 12.1. The van der Waals surface area contributed by atoms with Gasteiger partial charge in [-0.15, -0.1) is 0 Å². The van der Waals surface area contributed by atoms with Gasteiger partial charge in [0, 0.05) is 30.8 Å². The summed E-state index contributed by atoms with van der Waals surface area (Å²) in [6.45, 7) is 2.68. The highest BCUT2D eigenvalue weighted by Gasteiger charge is 2.27. The highest BCUT2D eigenvalue weighted by atomic mass is 16.2. The fourth-order valence-electron chi connectivity index (χ4n) is 2.52. The summed E-state index contributed by atoms with van der Waals surface area (Å²) in [5.74, 6) is 0.0104. The van der Waals surface area contributed by atoms with E-state index in [-0.39, 0.29) is 23.4 Å². The van der Waals surface area contributed by atoms with Crippen molar-refractivity contribution < 1.29 is 4.79 Å². The smallest absolute Gasteiger partial charge is 0.250 e. The van der Waals surface area contributed by atoms with Crippen molar-refractivity contribution in [3.8, 4) is 0 Å². The molecule has 1 fully saturated rings. The molecule has 1 aliphatic carbocycles. The molecule has 1 saturated carbocycles. The Balaban J connectivity index is 2.04. The van der Waals surface area contributed by atoms with Crippen molar-refractivity contribution in [3.05, 3.63) is 28.7 Å². The Bertz CT molecular complexity index is 510. The molecule has 5 nitrogen and oxygen atoms in total. The van der Waals surface area contributed by atoms with Gasteiger partial charge in [0.2, 0.25) is 5.91 Å². The van der Waals surface area contributed by atoms with E-state index in [9.17, 15) is 9.59 Å². The van der Waals surface area contributed by atoms with E-state index in [0.29, 0.717) is 12.2 Å². The second-order valence-electron chi connectivity index (χ2n) is 5.21. The zero-order valence-electron chi connectivity index (χ0n) is 11.3. The minimum Gasteiger partial charge on any atom is -0.328 e. The standard InChI is InChI=1S/C14H21N3O2/c1-2-7-17-9-12(5-6-13(17)18)16-14(19)10-3-4-11(15)8-10/h5-6,9-11H,2-4,7-8,15H2,1H3,(H,16,19). The summed E-state index contributed by atoms with van der Waals surface area (Å²) in [6, 6.07) is 3.29. The lowest BCUT2D eigenvalue weighted by Crippen LogP contribution is -2.25. The summed E-state index contributed by atoms with van der Waals surface area (Å²) in [6.07, 6.45) is 5.10. The molecule has 2 unspecified atom stereocenters. The molecule has 0 bridgehead atoms. The Kier molecular flexibility index (Phi) is 4.37. The van der Waals surface area contributed by atoms with Crippen LogP contribution >= 0.6 is 0 Å². The maximum Gasteiger partial charge on any atom is 0.250 e. The van der Waals surface area contributed by atoms with Gasteiger partial charge in [0.05, 0.1) is 5.69 Å². The molecule has 1 heterocycles. The molecule has 0 saturated heterocycles. The lowest BCUT2D eigenvalue weighted by Gasteiger charge is -2.12. The molecular formula is C14H21N3O2. The second-order valence-corrected chi connectivity index (χ2v) is 5.21. The Hall–Kier alpha value is -1.62. The minimum absolute atomic E-state index is 0.00144. The number of carbonyl (C=O) groups excluding carboxylic acids is 1. The number of hydrogen-bond acceptors (Lipinski definition) is 3. The number of nitrogens with one attached hydrogen (secondary N) is 1. The van der Waals surface area contributed by atoms with Gasteiger partial charge in [-0.25, -0.2) is 0 Å². The number of aryl methyl sites for hydroxylation is 1. The quantitative estimate of drug-likeness (QED) is 0.860. The van der Waals surface area contributed by atoms with Gasteiger partial charge < -0.3 is 15.6 Å². The molecule has 1 amide bonds. The third-order valence-corrected chi connectivity index (χ3v) is 3.56. The molecule has 104 valence electrons. The van der Waals surface area contributed by atoms with Crippen LogP contribution in [-0.2, 0) is 11.3 Å². The third kappa shape index (κ3) is 3.44. The zero-order valence-corrected chi connectivity index (χ0v) is 11.3. The summed E-state index contributed by atoms with van der Waals surface area (Å²) in [4.78, 5) is 23.6. The molecular weight excluding hydrogens is 242 g/mol. The van der Waals surface area contributed by atoms with Crippen LogP contribution in [0, 0.1) is 5.92 Å². The normalized spacial score (nSPS) is 22.4. The Morgan fingerprint density at radius 3 is 2.89 bits per heavy atom. The molecule has 1 aromatic rings. The average Bonchev–Trinajstić information content (AvgIpc) is 2.80. The molecule has 5 heteroatoms. The third-order valence-electron chi connectivity index (χ3n) is 3.56. The number of rotatable bonds is 4. The van der Waals surface area contributed by atoms with Crippen LogP contribution in [0.15, 0.2) is 23.1 Å². The van der Waals surface area contributed by atoms with E-state index in [0.717, 1.165) is 25.7 Å². The predicted octanol–water partition coefficient (Wildman–Crippen LogP) is 1.32. The van der Waals surface area contributed by atoms with Crippen LogP contribution in [0.5, 0.6) is 0 Å². The highest BCUT2D eigenvalue weighted by Crippen LogP contribution is 2.25. The average molecular weight is 263 g/mol. The van der Waals surface area contributed by atoms with Gasteiger partial charge >= 0.3 is 0 Å². The molecule has 0 aliphatic heterocycles. The number of nitrogens with zero attached hydrogens (tertiary/aromatic N) is 1. The van der Waals surface area contributed by atoms with E-state index in [2.05, 4.69) is 5.32 Å². The van der Waals surface area contributed by atoms with Crippen LogP contribution in [-0.4, -0.2) is 16.5 Å². The Labute approximate surface area is 112 Å². The zero-order chi connectivity index (χ0) is 13.8. The predicted molar refractivity (Wildman–Crippen MR) is 74.9 cm³/mol. The number of aromatic nitrogens is 1. The first-order chi connectivity index (χ1) is 9.10. The van der Waals surface area contributed by atoms with E-state index in [1.54, 1.807) is 16.8 Å². The van der Waals surface area contributed by atoms with Crippen molar-refractivity contribution in [1.29, 1.82) is 0 Å². The first-order valence-electron chi connectivity index (χ1n) is 6.87. The number of carbonyl (C=O) groups is 1. The summed E-state index contributed by atoms with van der Waals surface area (Å²) in [7, 11) is 0. The minimum atomic E-state index is -0.0391. The molecule has 0 spiro atoms. The van der Waals surface area contributed by atoms with E-state index >= 15 is 0 Å². The number of anilines is 1. The summed E-state index contributed by atoms with van der Waals surface area (Å²) >= 11 is 0. The Morgan fingerprint density at radius 2 is 2.26 bits per heavy atom. The SMILES string of the molecule is CCCn1cc(NC(=O)C2CCC(N)C2)ccc1=O. The molecule has 2 rings (SSSR count). The van der Waals surface area contributed by atoms with E-state index in [4.69, 9.17) is 5.73 Å². The van der Waals surface area contributed by atoms with Gasteiger partial charge in [-0.2, -0.15) is 0 Å². The lowest BCUT2D eigenvalue weighted by molar-refractivity contribution is -0.119. The van der Waals surface area contributed by atoms with Crippen molar-refractivity contribution in [3.63, 3.8) is 0 Å². The van der Waals surface area contributed by atoms with Crippen LogP contribution < -0.4 is 16.6 Å². The van der Waals surface area contributed by atoms with Crippen molar-refractivity contribution >= 4 is 11.6 Å². The monoisotopic (exact) mass is 263 g/mol. The Morgan fingerprint density at radius 1 is 1.47 bits per heavy atom. The molecule has 3 N–H and O–H groups in total. The fraction of sp³-hybridized carbons (Fsp3) is 0.571. The van der Waals surface area contributed by atoms with Gasteiger partial charge in [0.15, 0.2) is 0 Å². The first-order valence-corrected chi connectivity index (χ1v) is 6.87. The molecule has 19 heavy (non-hydrogen) atoms. The van der Waals surface area contributed by atoms with Gasteiger partial charge in [0.1, 0.15) is 0 Å².